The summed E-state index contributed by atoms with van der Waals surface area (Å²) in [7, 11) is 1.65. The number of urea groups is 1. The molecule has 0 saturated heterocycles. The summed E-state index contributed by atoms with van der Waals surface area (Å²) >= 11 is 6.04. The van der Waals surface area contributed by atoms with Gasteiger partial charge in [0.15, 0.2) is 0 Å². The molecule has 1 heterocycles. The monoisotopic (exact) mass is 460 g/mol. The Morgan fingerprint density at radius 3 is 2.48 bits per heavy atom. The van der Waals surface area contributed by atoms with E-state index in [1.165, 1.54) is 0 Å². The molecule has 0 radical (unpaired) electrons. The van der Waals surface area contributed by atoms with E-state index in [2.05, 4.69) is 15.6 Å². The summed E-state index contributed by atoms with van der Waals surface area (Å²) in [6, 6.07) is 22.8. The first-order chi connectivity index (χ1) is 16.0. The Morgan fingerprint density at radius 2 is 1.82 bits per heavy atom. The van der Waals surface area contributed by atoms with Gasteiger partial charge in [0.25, 0.3) is 0 Å². The van der Waals surface area contributed by atoms with Gasteiger partial charge in [-0.15, -0.1) is 0 Å². The number of imidazole rings is 1. The molecule has 0 aliphatic heterocycles. The minimum absolute atomic E-state index is 0.221. The highest BCUT2D eigenvalue weighted by Gasteiger charge is 2.45. The molecule has 6 nitrogen and oxygen atoms in total. The number of H-pyrrole nitrogens is 1. The lowest BCUT2D eigenvalue weighted by molar-refractivity contribution is 0.231. The number of hydrogen-bond donors (Lipinski definition) is 3. The van der Waals surface area contributed by atoms with Gasteiger partial charge in [-0.25, -0.2) is 9.78 Å². The van der Waals surface area contributed by atoms with E-state index >= 15 is 0 Å². The predicted octanol–water partition coefficient (Wildman–Crippen LogP) is 5.50. The number of aromatic nitrogens is 2. The number of ether oxygens (including phenoxy) is 1. The third-order valence-corrected chi connectivity index (χ3v) is 6.39. The standard InChI is InChI=1S/C26H25ClN4O2/c1-33-20-12-6-17(7-13-20)16-23(24-28-21-4-2-3-5-22(21)29-24)30-25(32)31-26(14-15-26)18-8-10-19(27)11-9-18/h2-13,23H,14-16H2,1H3,(H,28,29)(H2,30,31,32)/t23-/m1/s1. The van der Waals surface area contributed by atoms with Crippen LogP contribution < -0.4 is 15.4 Å². The number of carbonyl (C=O) groups excluding carboxylic acids is 1. The van der Waals surface area contributed by atoms with Gasteiger partial charge in [0.05, 0.1) is 29.7 Å². The summed E-state index contributed by atoms with van der Waals surface area (Å²) in [5.41, 5.74) is 3.61. The number of amides is 2. The molecular formula is C26H25ClN4O2. The van der Waals surface area contributed by atoms with E-state index in [1.807, 2.05) is 72.8 Å². The summed E-state index contributed by atoms with van der Waals surface area (Å²) in [5.74, 6) is 1.52. The maximum atomic E-state index is 13.1. The molecule has 5 rings (SSSR count). The van der Waals surface area contributed by atoms with Crippen molar-refractivity contribution >= 4 is 28.7 Å². The van der Waals surface area contributed by atoms with Crippen molar-refractivity contribution in [1.29, 1.82) is 0 Å². The number of methoxy groups -OCH3 is 1. The van der Waals surface area contributed by atoms with Crippen LogP contribution in [0.5, 0.6) is 5.75 Å². The number of fused-ring (bicyclic) bond motifs is 1. The number of hydrogen-bond acceptors (Lipinski definition) is 3. The van der Waals surface area contributed by atoms with E-state index in [0.717, 1.165) is 46.6 Å². The van der Waals surface area contributed by atoms with Crippen molar-refractivity contribution in [1.82, 2.24) is 20.6 Å². The first-order valence-electron chi connectivity index (χ1n) is 11.0. The van der Waals surface area contributed by atoms with Crippen molar-refractivity contribution in [3.8, 4) is 5.75 Å². The molecular weight excluding hydrogens is 436 g/mol. The van der Waals surface area contributed by atoms with E-state index in [9.17, 15) is 4.79 Å². The highest BCUT2D eigenvalue weighted by Crippen LogP contribution is 2.45. The predicted molar refractivity (Wildman–Crippen MR) is 130 cm³/mol. The normalized spacial score (nSPS) is 15.1. The number of carbonyl (C=O) groups is 1. The van der Waals surface area contributed by atoms with E-state index in [1.54, 1.807) is 7.11 Å². The lowest BCUT2D eigenvalue weighted by atomic mass is 10.0. The van der Waals surface area contributed by atoms with Crippen LogP contribution >= 0.6 is 11.6 Å². The van der Waals surface area contributed by atoms with Crippen LogP contribution in [-0.4, -0.2) is 23.1 Å². The SMILES string of the molecule is COc1ccc(C[C@@H](NC(=O)NC2(c3ccc(Cl)cc3)CC2)c2nc3ccccc3[nH]2)cc1. The van der Waals surface area contributed by atoms with Gasteiger partial charge in [-0.1, -0.05) is 48.0 Å². The molecule has 1 aromatic heterocycles. The molecule has 2 amide bonds. The van der Waals surface area contributed by atoms with Gasteiger partial charge in [0.1, 0.15) is 11.6 Å². The fourth-order valence-electron chi connectivity index (χ4n) is 4.14. The molecule has 3 aromatic carbocycles. The highest BCUT2D eigenvalue weighted by atomic mass is 35.5. The van der Waals surface area contributed by atoms with Crippen LogP contribution in [0.3, 0.4) is 0 Å². The first kappa shape index (κ1) is 21.3. The van der Waals surface area contributed by atoms with Crippen molar-refractivity contribution in [2.75, 3.05) is 7.11 Å². The number of nitrogens with one attached hydrogen (secondary N) is 3. The molecule has 1 aliphatic carbocycles. The Kier molecular flexibility index (Phi) is 5.68. The fourth-order valence-corrected chi connectivity index (χ4v) is 4.27. The fraction of sp³-hybridized carbons (Fsp3) is 0.231. The number of rotatable bonds is 7. The van der Waals surface area contributed by atoms with Crippen LogP contribution in [0.1, 0.15) is 35.8 Å². The molecule has 4 aromatic rings. The molecule has 0 unspecified atom stereocenters. The van der Waals surface area contributed by atoms with Crippen LogP contribution in [0, 0.1) is 0 Å². The number of benzene rings is 3. The Labute approximate surface area is 197 Å². The molecule has 33 heavy (non-hydrogen) atoms. The van der Waals surface area contributed by atoms with E-state index in [4.69, 9.17) is 21.3 Å². The third kappa shape index (κ3) is 4.66. The van der Waals surface area contributed by atoms with Crippen molar-refractivity contribution in [2.24, 2.45) is 0 Å². The van der Waals surface area contributed by atoms with E-state index in [0.29, 0.717) is 11.4 Å². The van der Waals surface area contributed by atoms with Crippen LogP contribution in [0.25, 0.3) is 11.0 Å². The molecule has 1 atom stereocenters. The van der Waals surface area contributed by atoms with E-state index in [-0.39, 0.29) is 17.6 Å². The van der Waals surface area contributed by atoms with Gasteiger partial charge in [0.2, 0.25) is 0 Å². The second-order valence-electron chi connectivity index (χ2n) is 8.43. The van der Waals surface area contributed by atoms with Crippen LogP contribution in [0.2, 0.25) is 5.02 Å². The Hall–Kier alpha value is -3.51. The second kappa shape index (κ2) is 8.79. The largest absolute Gasteiger partial charge is 0.497 e. The molecule has 1 fully saturated rings. The summed E-state index contributed by atoms with van der Waals surface area (Å²) in [4.78, 5) is 21.2. The van der Waals surface area contributed by atoms with Crippen molar-refractivity contribution < 1.29 is 9.53 Å². The average molecular weight is 461 g/mol. The molecule has 0 spiro atoms. The average Bonchev–Trinajstić information content (AvgIpc) is 3.47. The minimum Gasteiger partial charge on any atom is -0.497 e. The Morgan fingerprint density at radius 1 is 1.09 bits per heavy atom. The van der Waals surface area contributed by atoms with Gasteiger partial charge in [-0.05, 0) is 66.8 Å². The number of para-hydroxylation sites is 2. The molecule has 7 heteroatoms. The quantitative estimate of drug-likeness (QED) is 0.341. The van der Waals surface area contributed by atoms with Crippen LogP contribution in [-0.2, 0) is 12.0 Å². The van der Waals surface area contributed by atoms with Gasteiger partial charge in [-0.2, -0.15) is 0 Å². The topological polar surface area (TPSA) is 79.0 Å². The Bertz CT molecular complexity index is 1230. The summed E-state index contributed by atoms with van der Waals surface area (Å²) in [6.07, 6.45) is 2.39. The summed E-state index contributed by atoms with van der Waals surface area (Å²) in [5, 5.41) is 7.02. The molecule has 168 valence electrons. The van der Waals surface area contributed by atoms with Gasteiger partial charge >= 0.3 is 6.03 Å². The minimum atomic E-state index is -0.340. The van der Waals surface area contributed by atoms with Crippen LogP contribution in [0.4, 0.5) is 4.79 Å². The number of halogens is 1. The van der Waals surface area contributed by atoms with Crippen molar-refractivity contribution in [2.45, 2.75) is 30.8 Å². The third-order valence-electron chi connectivity index (χ3n) is 6.14. The molecule has 3 N–H and O–H groups in total. The number of nitrogens with zero attached hydrogens (tertiary/aromatic N) is 1. The highest BCUT2D eigenvalue weighted by molar-refractivity contribution is 6.30. The zero-order valence-corrected chi connectivity index (χ0v) is 19.0. The maximum absolute atomic E-state index is 13.1. The summed E-state index contributed by atoms with van der Waals surface area (Å²) < 4.78 is 5.27. The van der Waals surface area contributed by atoms with Crippen LogP contribution in [0.15, 0.2) is 72.8 Å². The lowest BCUT2D eigenvalue weighted by Gasteiger charge is -2.22. The zero-order chi connectivity index (χ0) is 22.8. The lowest BCUT2D eigenvalue weighted by Crippen LogP contribution is -2.44. The van der Waals surface area contributed by atoms with Crippen molar-refractivity contribution in [3.63, 3.8) is 0 Å². The molecule has 1 aliphatic rings. The van der Waals surface area contributed by atoms with Gasteiger partial charge < -0.3 is 20.4 Å². The summed E-state index contributed by atoms with van der Waals surface area (Å²) in [6.45, 7) is 0. The van der Waals surface area contributed by atoms with Crippen molar-refractivity contribution in [3.05, 3.63) is 94.8 Å². The Balaban J connectivity index is 1.37. The maximum Gasteiger partial charge on any atom is 0.316 e. The molecule has 0 bridgehead atoms. The zero-order valence-electron chi connectivity index (χ0n) is 18.3. The van der Waals surface area contributed by atoms with Gasteiger partial charge in [-0.3, -0.25) is 0 Å². The first-order valence-corrected chi connectivity index (χ1v) is 11.3. The molecule has 1 saturated carbocycles. The smallest absolute Gasteiger partial charge is 0.316 e. The second-order valence-corrected chi connectivity index (χ2v) is 8.87. The van der Waals surface area contributed by atoms with E-state index < -0.39 is 0 Å². The number of aromatic amines is 1. The van der Waals surface area contributed by atoms with Gasteiger partial charge in [0, 0.05) is 5.02 Å².